The van der Waals surface area contributed by atoms with Crippen LogP contribution < -0.4 is 0 Å². The second kappa shape index (κ2) is 7.77. The van der Waals surface area contributed by atoms with Crippen LogP contribution in [-0.4, -0.2) is 47.8 Å². The fourth-order valence-corrected chi connectivity index (χ4v) is 3.72. The van der Waals surface area contributed by atoms with Crippen molar-refractivity contribution in [3.05, 3.63) is 35.6 Å². The standard InChI is InChI=1S/C19H25FN2O2/c20-17-6-1-4-15(12-17)8-9-16-5-2-10-21(13-16)19(24)14-22-11-3-7-18(22)23/h1,4,6,12,16H,2-3,5,7-11,13-14H2/t16-/m1/s1. The first kappa shape index (κ1) is 16.9. The summed E-state index contributed by atoms with van der Waals surface area (Å²) in [5.74, 6) is 0.437. The number of halogens is 1. The Morgan fingerprint density at radius 2 is 2.12 bits per heavy atom. The van der Waals surface area contributed by atoms with Gasteiger partial charge in [0, 0.05) is 26.1 Å². The lowest BCUT2D eigenvalue weighted by Crippen LogP contribution is -2.45. The Hall–Kier alpha value is -1.91. The van der Waals surface area contributed by atoms with E-state index in [9.17, 15) is 14.0 Å². The summed E-state index contributed by atoms with van der Waals surface area (Å²) in [7, 11) is 0. The predicted molar refractivity (Wildman–Crippen MR) is 89.8 cm³/mol. The number of hydrogen-bond acceptors (Lipinski definition) is 2. The molecule has 0 aromatic heterocycles. The first-order chi connectivity index (χ1) is 11.6. The van der Waals surface area contributed by atoms with Crippen molar-refractivity contribution in [3.63, 3.8) is 0 Å². The Labute approximate surface area is 142 Å². The van der Waals surface area contributed by atoms with Crippen molar-refractivity contribution in [2.75, 3.05) is 26.2 Å². The van der Waals surface area contributed by atoms with E-state index in [2.05, 4.69) is 0 Å². The fourth-order valence-electron chi connectivity index (χ4n) is 3.72. The van der Waals surface area contributed by atoms with Gasteiger partial charge in [0.1, 0.15) is 5.82 Å². The number of carbonyl (C=O) groups excluding carboxylic acids is 2. The minimum atomic E-state index is -0.191. The molecule has 2 amide bonds. The van der Waals surface area contributed by atoms with Crippen LogP contribution in [0.25, 0.3) is 0 Å². The van der Waals surface area contributed by atoms with Crippen molar-refractivity contribution in [1.29, 1.82) is 0 Å². The van der Waals surface area contributed by atoms with Crippen molar-refractivity contribution in [2.24, 2.45) is 5.92 Å². The van der Waals surface area contributed by atoms with Crippen molar-refractivity contribution in [1.82, 2.24) is 9.80 Å². The molecule has 0 aliphatic carbocycles. The number of aryl methyl sites for hydroxylation is 1. The molecule has 5 heteroatoms. The van der Waals surface area contributed by atoms with Gasteiger partial charge in [-0.1, -0.05) is 12.1 Å². The van der Waals surface area contributed by atoms with Gasteiger partial charge in [-0.15, -0.1) is 0 Å². The maximum absolute atomic E-state index is 13.2. The Morgan fingerprint density at radius 1 is 1.25 bits per heavy atom. The quantitative estimate of drug-likeness (QED) is 0.832. The summed E-state index contributed by atoms with van der Waals surface area (Å²) in [5.41, 5.74) is 1.01. The van der Waals surface area contributed by atoms with Crippen LogP contribution in [0.4, 0.5) is 4.39 Å². The smallest absolute Gasteiger partial charge is 0.242 e. The molecule has 2 aliphatic heterocycles. The SMILES string of the molecule is O=C1CCCN1CC(=O)N1CCC[C@H](CCc2cccc(F)c2)C1. The van der Waals surface area contributed by atoms with Crippen molar-refractivity contribution in [2.45, 2.75) is 38.5 Å². The molecule has 0 radical (unpaired) electrons. The van der Waals surface area contributed by atoms with E-state index >= 15 is 0 Å². The zero-order valence-electron chi connectivity index (χ0n) is 14.0. The summed E-state index contributed by atoms with van der Waals surface area (Å²) in [6.07, 6.45) is 5.37. The lowest BCUT2D eigenvalue weighted by Gasteiger charge is -2.34. The average molecular weight is 332 g/mol. The molecule has 3 rings (SSSR count). The highest BCUT2D eigenvalue weighted by Gasteiger charge is 2.28. The number of carbonyl (C=O) groups is 2. The highest BCUT2D eigenvalue weighted by atomic mass is 19.1. The number of benzene rings is 1. The second-order valence-electron chi connectivity index (χ2n) is 6.94. The van der Waals surface area contributed by atoms with Crippen LogP contribution in [0.2, 0.25) is 0 Å². The highest BCUT2D eigenvalue weighted by molar-refractivity contribution is 5.85. The molecule has 0 spiro atoms. The molecule has 24 heavy (non-hydrogen) atoms. The van der Waals surface area contributed by atoms with E-state index in [0.29, 0.717) is 18.9 Å². The van der Waals surface area contributed by atoms with Gasteiger partial charge >= 0.3 is 0 Å². The topological polar surface area (TPSA) is 40.6 Å². The lowest BCUT2D eigenvalue weighted by molar-refractivity contribution is -0.139. The van der Waals surface area contributed by atoms with Crippen LogP contribution in [0.1, 0.15) is 37.7 Å². The molecule has 2 aliphatic rings. The number of rotatable bonds is 5. The van der Waals surface area contributed by atoms with Gasteiger partial charge in [0.05, 0.1) is 6.54 Å². The van der Waals surface area contributed by atoms with Gasteiger partial charge in [-0.3, -0.25) is 9.59 Å². The van der Waals surface area contributed by atoms with Crippen LogP contribution in [0.15, 0.2) is 24.3 Å². The van der Waals surface area contributed by atoms with Crippen LogP contribution in [0.3, 0.4) is 0 Å². The Kier molecular flexibility index (Phi) is 5.48. The third kappa shape index (κ3) is 4.34. The van der Waals surface area contributed by atoms with Gasteiger partial charge in [-0.05, 0) is 55.7 Å². The maximum Gasteiger partial charge on any atom is 0.242 e. The van der Waals surface area contributed by atoms with E-state index < -0.39 is 0 Å². The molecule has 0 saturated carbocycles. The first-order valence-corrected chi connectivity index (χ1v) is 8.92. The van der Waals surface area contributed by atoms with Gasteiger partial charge in [0.2, 0.25) is 11.8 Å². The van der Waals surface area contributed by atoms with Crippen molar-refractivity contribution in [3.8, 4) is 0 Å². The summed E-state index contributed by atoms with van der Waals surface area (Å²) in [4.78, 5) is 27.7. The lowest BCUT2D eigenvalue weighted by atomic mass is 9.91. The second-order valence-corrected chi connectivity index (χ2v) is 6.94. The molecule has 2 heterocycles. The van der Waals surface area contributed by atoms with Gasteiger partial charge in [-0.25, -0.2) is 4.39 Å². The summed E-state index contributed by atoms with van der Waals surface area (Å²) < 4.78 is 13.2. The van der Waals surface area contributed by atoms with Crippen molar-refractivity contribution >= 4 is 11.8 Å². The molecule has 0 unspecified atom stereocenters. The Bertz CT molecular complexity index is 605. The molecule has 4 nitrogen and oxygen atoms in total. The minimum Gasteiger partial charge on any atom is -0.341 e. The molecule has 1 aromatic carbocycles. The van der Waals surface area contributed by atoms with E-state index in [1.807, 2.05) is 11.0 Å². The number of likely N-dealkylation sites (tertiary alicyclic amines) is 2. The molecule has 1 atom stereocenters. The van der Waals surface area contributed by atoms with Gasteiger partial charge in [0.15, 0.2) is 0 Å². The minimum absolute atomic E-state index is 0.0701. The normalized spacial score (nSPS) is 21.4. The first-order valence-electron chi connectivity index (χ1n) is 8.92. The molecule has 2 saturated heterocycles. The van der Waals surface area contributed by atoms with Crippen LogP contribution >= 0.6 is 0 Å². The van der Waals surface area contributed by atoms with Crippen LogP contribution in [0.5, 0.6) is 0 Å². The summed E-state index contributed by atoms with van der Waals surface area (Å²) >= 11 is 0. The van der Waals surface area contributed by atoms with Gasteiger partial charge < -0.3 is 9.80 Å². The molecule has 0 bridgehead atoms. The summed E-state index contributed by atoms with van der Waals surface area (Å²) in [6, 6.07) is 6.75. The third-order valence-electron chi connectivity index (χ3n) is 5.10. The van der Waals surface area contributed by atoms with E-state index in [-0.39, 0.29) is 24.2 Å². The molecular weight excluding hydrogens is 307 g/mol. The van der Waals surface area contributed by atoms with Gasteiger partial charge in [-0.2, -0.15) is 0 Å². The van der Waals surface area contributed by atoms with Crippen LogP contribution in [0, 0.1) is 11.7 Å². The number of piperidine rings is 1. The van der Waals surface area contributed by atoms with E-state index in [1.165, 1.54) is 6.07 Å². The largest absolute Gasteiger partial charge is 0.341 e. The predicted octanol–water partition coefficient (Wildman–Crippen LogP) is 2.62. The highest BCUT2D eigenvalue weighted by Crippen LogP contribution is 2.22. The molecule has 2 fully saturated rings. The van der Waals surface area contributed by atoms with E-state index in [4.69, 9.17) is 0 Å². The number of nitrogens with zero attached hydrogens (tertiary/aromatic N) is 2. The Morgan fingerprint density at radius 3 is 2.88 bits per heavy atom. The maximum atomic E-state index is 13.2. The van der Waals surface area contributed by atoms with E-state index in [0.717, 1.165) is 50.8 Å². The third-order valence-corrected chi connectivity index (χ3v) is 5.10. The Balaban J connectivity index is 1.48. The number of hydrogen-bond donors (Lipinski definition) is 0. The van der Waals surface area contributed by atoms with E-state index in [1.54, 1.807) is 17.0 Å². The van der Waals surface area contributed by atoms with Crippen LogP contribution in [-0.2, 0) is 16.0 Å². The fraction of sp³-hybridized carbons (Fsp3) is 0.579. The molecular formula is C19H25FN2O2. The molecule has 0 N–H and O–H groups in total. The zero-order chi connectivity index (χ0) is 16.9. The molecule has 1 aromatic rings. The van der Waals surface area contributed by atoms with Crippen molar-refractivity contribution < 1.29 is 14.0 Å². The molecule has 130 valence electrons. The summed E-state index contributed by atoms with van der Waals surface area (Å²) in [6.45, 7) is 2.49. The number of amides is 2. The van der Waals surface area contributed by atoms with Gasteiger partial charge in [0.25, 0.3) is 0 Å². The zero-order valence-corrected chi connectivity index (χ0v) is 14.0. The summed E-state index contributed by atoms with van der Waals surface area (Å²) in [5, 5.41) is 0. The monoisotopic (exact) mass is 332 g/mol. The average Bonchev–Trinajstić information content (AvgIpc) is 2.98.